The van der Waals surface area contributed by atoms with Gasteiger partial charge in [0.05, 0.1) is 25.5 Å². The second-order valence-electron chi connectivity index (χ2n) is 9.88. The lowest BCUT2D eigenvalue weighted by molar-refractivity contribution is -0.140. The van der Waals surface area contributed by atoms with E-state index < -0.39 is 18.4 Å². The Balaban J connectivity index is 1.64. The third-order valence-corrected chi connectivity index (χ3v) is 6.98. The second-order valence-corrected chi connectivity index (χ2v) is 9.88. The van der Waals surface area contributed by atoms with Crippen molar-refractivity contribution in [1.29, 1.82) is 0 Å². The van der Waals surface area contributed by atoms with Crippen molar-refractivity contribution < 1.29 is 18.3 Å². The number of fused-ring (bicyclic) bond motifs is 1. The molecule has 0 saturated carbocycles. The van der Waals surface area contributed by atoms with Crippen molar-refractivity contribution in [2.24, 2.45) is 0 Å². The number of carbonyl (C=O) groups is 1. The molecule has 1 amide bonds. The van der Waals surface area contributed by atoms with Crippen LogP contribution in [0.3, 0.4) is 0 Å². The maximum atomic E-state index is 14.6. The maximum Gasteiger partial charge on any atom is 0.342 e. The fourth-order valence-corrected chi connectivity index (χ4v) is 4.76. The van der Waals surface area contributed by atoms with Crippen LogP contribution in [0.5, 0.6) is 5.75 Å². The summed E-state index contributed by atoms with van der Waals surface area (Å²) in [4.78, 5) is 28.2. The van der Waals surface area contributed by atoms with Crippen molar-refractivity contribution in [2.75, 3.05) is 67.9 Å². The summed E-state index contributed by atoms with van der Waals surface area (Å²) in [6.07, 6.45) is 3.57. The zero-order valence-corrected chi connectivity index (χ0v) is 21.8. The Morgan fingerprint density at radius 1 is 1.22 bits per heavy atom. The SMILES string of the molecule is COc1ccc(N2CCC(N(C)C)CC2)cc1Nc1ncc2c(n1)N(C(C)C)CC(F)(F)C(=O)N2C. The van der Waals surface area contributed by atoms with Gasteiger partial charge in [0.25, 0.3) is 5.91 Å². The first-order chi connectivity index (χ1) is 17.0. The smallest absolute Gasteiger partial charge is 0.342 e. The fourth-order valence-electron chi connectivity index (χ4n) is 4.76. The zero-order chi connectivity index (χ0) is 26.2. The molecule has 2 aromatic rings. The molecule has 1 fully saturated rings. The van der Waals surface area contributed by atoms with Gasteiger partial charge in [-0.25, -0.2) is 4.98 Å². The highest BCUT2D eigenvalue weighted by Gasteiger charge is 2.47. The highest BCUT2D eigenvalue weighted by molar-refractivity contribution is 6.02. The summed E-state index contributed by atoms with van der Waals surface area (Å²) in [5, 5.41) is 3.21. The van der Waals surface area contributed by atoms with Gasteiger partial charge in [-0.05, 0) is 59.0 Å². The first-order valence-corrected chi connectivity index (χ1v) is 12.2. The molecule has 1 aromatic carbocycles. The Labute approximate surface area is 211 Å². The van der Waals surface area contributed by atoms with Crippen molar-refractivity contribution in [3.8, 4) is 5.75 Å². The van der Waals surface area contributed by atoms with E-state index in [2.05, 4.69) is 39.2 Å². The molecule has 0 atom stereocenters. The molecule has 2 aliphatic rings. The molecule has 196 valence electrons. The summed E-state index contributed by atoms with van der Waals surface area (Å²) < 4.78 is 34.8. The van der Waals surface area contributed by atoms with Crippen molar-refractivity contribution in [3.63, 3.8) is 0 Å². The lowest BCUT2D eigenvalue weighted by Gasteiger charge is -2.36. The number of piperidine rings is 1. The Bertz CT molecular complexity index is 1100. The van der Waals surface area contributed by atoms with E-state index in [9.17, 15) is 13.6 Å². The minimum absolute atomic E-state index is 0.229. The summed E-state index contributed by atoms with van der Waals surface area (Å²) in [5.74, 6) is -3.70. The predicted molar refractivity (Wildman–Crippen MR) is 138 cm³/mol. The average Bonchev–Trinajstić information content (AvgIpc) is 2.93. The monoisotopic (exact) mass is 503 g/mol. The molecule has 0 radical (unpaired) electrons. The highest BCUT2D eigenvalue weighted by Crippen LogP contribution is 2.38. The number of alkyl halides is 2. The molecule has 4 rings (SSSR count). The molecule has 0 unspecified atom stereocenters. The van der Waals surface area contributed by atoms with Crippen LogP contribution in [0, 0.1) is 0 Å². The number of hydrogen-bond donors (Lipinski definition) is 1. The van der Waals surface area contributed by atoms with Gasteiger partial charge in [-0.3, -0.25) is 4.79 Å². The molecule has 36 heavy (non-hydrogen) atoms. The number of nitrogens with zero attached hydrogens (tertiary/aromatic N) is 6. The normalized spacial score (nSPS) is 18.5. The largest absolute Gasteiger partial charge is 0.495 e. The van der Waals surface area contributed by atoms with Gasteiger partial charge in [0.2, 0.25) is 5.95 Å². The lowest BCUT2D eigenvalue weighted by Crippen LogP contribution is -2.47. The predicted octanol–water partition coefficient (Wildman–Crippen LogP) is 3.59. The molecule has 1 saturated heterocycles. The number of carbonyl (C=O) groups excluding carboxylic acids is 1. The summed E-state index contributed by atoms with van der Waals surface area (Å²) >= 11 is 0. The van der Waals surface area contributed by atoms with Crippen molar-refractivity contribution in [1.82, 2.24) is 14.9 Å². The number of aromatic nitrogens is 2. The maximum absolute atomic E-state index is 14.6. The van der Waals surface area contributed by atoms with E-state index in [1.807, 2.05) is 18.2 Å². The number of anilines is 5. The lowest BCUT2D eigenvalue weighted by atomic mass is 10.0. The van der Waals surface area contributed by atoms with Crippen molar-refractivity contribution in [2.45, 2.75) is 44.7 Å². The Kier molecular flexibility index (Phi) is 7.21. The van der Waals surface area contributed by atoms with Crippen molar-refractivity contribution in [3.05, 3.63) is 24.4 Å². The number of nitrogens with one attached hydrogen (secondary N) is 1. The van der Waals surface area contributed by atoms with Gasteiger partial charge in [0, 0.05) is 37.9 Å². The number of amides is 1. The summed E-state index contributed by atoms with van der Waals surface area (Å²) in [6, 6.07) is 6.19. The van der Waals surface area contributed by atoms with Gasteiger partial charge in [0.15, 0.2) is 5.82 Å². The average molecular weight is 504 g/mol. The van der Waals surface area contributed by atoms with Crippen LogP contribution in [-0.4, -0.2) is 86.7 Å². The molecular weight excluding hydrogens is 468 g/mol. The quantitative estimate of drug-likeness (QED) is 0.641. The molecule has 0 spiro atoms. The van der Waals surface area contributed by atoms with Gasteiger partial charge in [-0.15, -0.1) is 0 Å². The number of methoxy groups -OCH3 is 1. The van der Waals surface area contributed by atoms with Crippen LogP contribution in [0.15, 0.2) is 24.4 Å². The Hall–Kier alpha value is -3.21. The van der Waals surface area contributed by atoms with Crippen LogP contribution in [0.25, 0.3) is 0 Å². The molecular formula is C25H35F2N7O2. The van der Waals surface area contributed by atoms with E-state index in [-0.39, 0.29) is 23.5 Å². The van der Waals surface area contributed by atoms with Gasteiger partial charge in [0.1, 0.15) is 11.4 Å². The number of benzene rings is 1. The third-order valence-electron chi connectivity index (χ3n) is 6.98. The van der Waals surface area contributed by atoms with Gasteiger partial charge < -0.3 is 29.7 Å². The molecule has 9 nitrogen and oxygen atoms in total. The van der Waals surface area contributed by atoms with Crippen LogP contribution < -0.4 is 24.8 Å². The number of hydrogen-bond acceptors (Lipinski definition) is 8. The van der Waals surface area contributed by atoms with Crippen LogP contribution in [-0.2, 0) is 4.79 Å². The van der Waals surface area contributed by atoms with Crippen LogP contribution >= 0.6 is 0 Å². The molecule has 0 aliphatic carbocycles. The summed E-state index contributed by atoms with van der Waals surface area (Å²) in [6.45, 7) is 4.72. The van der Waals surface area contributed by atoms with E-state index in [4.69, 9.17) is 4.74 Å². The summed E-state index contributed by atoms with van der Waals surface area (Å²) in [7, 11) is 7.14. The van der Waals surface area contributed by atoms with E-state index in [0.29, 0.717) is 17.5 Å². The fraction of sp³-hybridized carbons (Fsp3) is 0.560. The summed E-state index contributed by atoms with van der Waals surface area (Å²) in [5.41, 5.74) is 1.96. The van der Waals surface area contributed by atoms with Crippen LogP contribution in [0.4, 0.5) is 37.6 Å². The van der Waals surface area contributed by atoms with E-state index >= 15 is 0 Å². The molecule has 3 heterocycles. The van der Waals surface area contributed by atoms with Crippen LogP contribution in [0.2, 0.25) is 0 Å². The number of ether oxygens (including phenoxy) is 1. The van der Waals surface area contributed by atoms with E-state index in [1.54, 1.807) is 21.0 Å². The first kappa shape index (κ1) is 25.9. The number of rotatable bonds is 6. The molecule has 11 heteroatoms. The minimum Gasteiger partial charge on any atom is -0.495 e. The molecule has 0 bridgehead atoms. The van der Waals surface area contributed by atoms with Crippen LogP contribution in [0.1, 0.15) is 26.7 Å². The number of halogens is 2. The van der Waals surface area contributed by atoms with Gasteiger partial charge >= 0.3 is 5.92 Å². The topological polar surface area (TPSA) is 77.1 Å². The second kappa shape index (κ2) is 10.0. The Morgan fingerprint density at radius 3 is 2.53 bits per heavy atom. The zero-order valence-electron chi connectivity index (χ0n) is 21.8. The van der Waals surface area contributed by atoms with Gasteiger partial charge in [-0.2, -0.15) is 13.8 Å². The highest BCUT2D eigenvalue weighted by atomic mass is 19.3. The van der Waals surface area contributed by atoms with E-state index in [0.717, 1.165) is 36.5 Å². The van der Waals surface area contributed by atoms with Gasteiger partial charge in [-0.1, -0.05) is 0 Å². The first-order valence-electron chi connectivity index (χ1n) is 12.2. The molecule has 2 aliphatic heterocycles. The standard InChI is InChI=1S/C25H35F2N7O2/c1-16(2)34-15-25(26,27)23(35)32(5)20-14-28-24(30-22(20)34)29-19-13-18(7-8-21(19)36-6)33-11-9-17(10-12-33)31(3)4/h7-8,13-14,16-17H,9-12,15H2,1-6H3,(H,28,29,30). The third kappa shape index (κ3) is 5.02. The Morgan fingerprint density at radius 2 is 1.92 bits per heavy atom. The minimum atomic E-state index is -3.54. The molecule has 1 N–H and O–H groups in total. The van der Waals surface area contributed by atoms with Crippen molar-refractivity contribution >= 4 is 34.7 Å². The van der Waals surface area contributed by atoms with E-state index in [1.165, 1.54) is 18.1 Å². The molecule has 1 aromatic heterocycles.